The minimum absolute atomic E-state index is 0.00479. The van der Waals surface area contributed by atoms with E-state index < -0.39 is 23.5 Å². The molecule has 6 nitrogen and oxygen atoms in total. The molecular formula is C17H25NO5. The highest BCUT2D eigenvalue weighted by Gasteiger charge is 2.30. The molecule has 1 unspecified atom stereocenters. The summed E-state index contributed by atoms with van der Waals surface area (Å²) in [6.45, 7) is 9.47. The average Bonchev–Trinajstić information content (AvgIpc) is 2.41. The summed E-state index contributed by atoms with van der Waals surface area (Å²) >= 11 is 0. The van der Waals surface area contributed by atoms with Crippen LogP contribution in [0.2, 0.25) is 0 Å². The highest BCUT2D eigenvalue weighted by molar-refractivity contribution is 5.66. The van der Waals surface area contributed by atoms with E-state index in [1.165, 1.54) is 4.90 Å². The third-order valence-corrected chi connectivity index (χ3v) is 3.80. The first-order valence-corrected chi connectivity index (χ1v) is 7.64. The molecule has 6 heteroatoms. The number of carbonyl (C=O) groups is 1. The zero-order chi connectivity index (χ0) is 17.4. The minimum Gasteiger partial charge on any atom is -0.465 e. The lowest BCUT2D eigenvalue weighted by atomic mass is 10.0. The van der Waals surface area contributed by atoms with E-state index >= 15 is 0 Å². The van der Waals surface area contributed by atoms with E-state index in [2.05, 4.69) is 0 Å². The van der Waals surface area contributed by atoms with Gasteiger partial charge in [-0.2, -0.15) is 0 Å². The predicted octanol–water partition coefficient (Wildman–Crippen LogP) is 3.14. The first-order valence-electron chi connectivity index (χ1n) is 7.64. The highest BCUT2D eigenvalue weighted by atomic mass is 16.7. The Labute approximate surface area is 136 Å². The molecule has 1 heterocycles. The molecular weight excluding hydrogens is 298 g/mol. The molecule has 0 aliphatic carbocycles. The maximum atomic E-state index is 11.4. The standard InChI is InChI=1S/C17H25NO5/c1-16(2,3)18(15(20)21)9-13(19)11-6-7-14-12(8-11)10-22-17(4,5)23-14/h6-8,13,19H,9-10H2,1-5H3,(H,20,21). The summed E-state index contributed by atoms with van der Waals surface area (Å²) in [5.41, 5.74) is 0.904. The summed E-state index contributed by atoms with van der Waals surface area (Å²) in [6.07, 6.45) is -1.96. The number of amides is 1. The number of aliphatic hydroxyl groups is 1. The van der Waals surface area contributed by atoms with Gasteiger partial charge in [0, 0.05) is 24.9 Å². The summed E-state index contributed by atoms with van der Waals surface area (Å²) < 4.78 is 11.3. The van der Waals surface area contributed by atoms with Crippen molar-refractivity contribution < 1.29 is 24.5 Å². The van der Waals surface area contributed by atoms with E-state index in [0.29, 0.717) is 12.2 Å². The molecule has 23 heavy (non-hydrogen) atoms. The third-order valence-electron chi connectivity index (χ3n) is 3.80. The molecule has 2 N–H and O–H groups in total. The van der Waals surface area contributed by atoms with Gasteiger partial charge in [0.25, 0.3) is 0 Å². The van der Waals surface area contributed by atoms with Crippen LogP contribution in [0.5, 0.6) is 5.75 Å². The number of hydrogen-bond acceptors (Lipinski definition) is 4. The molecule has 0 saturated heterocycles. The van der Waals surface area contributed by atoms with Crippen LogP contribution in [0.4, 0.5) is 4.79 Å². The van der Waals surface area contributed by atoms with Crippen molar-refractivity contribution in [3.8, 4) is 5.75 Å². The number of rotatable bonds is 3. The normalized spacial score (nSPS) is 17.8. The Bertz CT molecular complexity index is 591. The Morgan fingerprint density at radius 2 is 2.04 bits per heavy atom. The number of ether oxygens (including phenoxy) is 2. The lowest BCUT2D eigenvalue weighted by molar-refractivity contribution is -0.180. The molecule has 1 aromatic rings. The van der Waals surface area contributed by atoms with Gasteiger partial charge in [-0.3, -0.25) is 0 Å². The molecule has 0 aromatic heterocycles. The molecule has 1 aliphatic heterocycles. The van der Waals surface area contributed by atoms with Crippen molar-refractivity contribution in [1.29, 1.82) is 0 Å². The lowest BCUT2D eigenvalue weighted by Gasteiger charge is -2.35. The van der Waals surface area contributed by atoms with Gasteiger partial charge < -0.3 is 24.6 Å². The van der Waals surface area contributed by atoms with Gasteiger partial charge in [0.2, 0.25) is 5.79 Å². The highest BCUT2D eigenvalue weighted by Crippen LogP contribution is 2.33. The van der Waals surface area contributed by atoms with E-state index in [9.17, 15) is 15.0 Å². The van der Waals surface area contributed by atoms with Crippen LogP contribution in [0.25, 0.3) is 0 Å². The van der Waals surface area contributed by atoms with E-state index in [1.807, 2.05) is 13.8 Å². The van der Waals surface area contributed by atoms with E-state index in [-0.39, 0.29) is 6.54 Å². The summed E-state index contributed by atoms with van der Waals surface area (Å²) in [7, 11) is 0. The molecule has 1 atom stereocenters. The van der Waals surface area contributed by atoms with Gasteiger partial charge in [-0.25, -0.2) is 4.79 Å². The summed E-state index contributed by atoms with van der Waals surface area (Å²) in [6, 6.07) is 5.35. The Morgan fingerprint density at radius 3 is 2.61 bits per heavy atom. The first kappa shape index (κ1) is 17.6. The van der Waals surface area contributed by atoms with Gasteiger partial charge in [-0.05, 0) is 38.5 Å². The van der Waals surface area contributed by atoms with E-state index in [0.717, 1.165) is 11.3 Å². The largest absolute Gasteiger partial charge is 0.465 e. The second-order valence-electron chi connectivity index (χ2n) is 7.24. The minimum atomic E-state index is -1.05. The molecule has 0 fully saturated rings. The van der Waals surface area contributed by atoms with Crippen LogP contribution in [0.15, 0.2) is 18.2 Å². The van der Waals surface area contributed by atoms with Crippen molar-refractivity contribution in [2.24, 2.45) is 0 Å². The van der Waals surface area contributed by atoms with Crippen LogP contribution >= 0.6 is 0 Å². The van der Waals surface area contributed by atoms with Gasteiger partial charge in [-0.1, -0.05) is 6.07 Å². The topological polar surface area (TPSA) is 79.2 Å². The van der Waals surface area contributed by atoms with Gasteiger partial charge in [0.15, 0.2) is 0 Å². The van der Waals surface area contributed by atoms with E-state index in [4.69, 9.17) is 9.47 Å². The van der Waals surface area contributed by atoms with Crippen molar-refractivity contribution in [2.75, 3.05) is 6.54 Å². The smallest absolute Gasteiger partial charge is 0.407 e. The molecule has 0 spiro atoms. The third kappa shape index (κ3) is 4.14. The molecule has 1 aliphatic rings. The summed E-state index contributed by atoms with van der Waals surface area (Å²) in [5.74, 6) is 0.0579. The number of fused-ring (bicyclic) bond motifs is 1. The van der Waals surface area contributed by atoms with Crippen molar-refractivity contribution in [3.63, 3.8) is 0 Å². The van der Waals surface area contributed by atoms with Gasteiger partial charge in [0.05, 0.1) is 19.3 Å². The number of β-amino-alcohol motifs (C(OH)–C–C–N with tert-alkyl or cyclic N) is 1. The number of benzene rings is 1. The van der Waals surface area contributed by atoms with Crippen LogP contribution in [0, 0.1) is 0 Å². The Morgan fingerprint density at radius 1 is 1.39 bits per heavy atom. The SMILES string of the molecule is CC1(C)OCc2cc(C(O)CN(C(=O)O)C(C)(C)C)ccc2O1. The van der Waals surface area contributed by atoms with Crippen LogP contribution in [0.1, 0.15) is 51.8 Å². The fourth-order valence-electron chi connectivity index (χ4n) is 2.48. The molecule has 1 amide bonds. The molecule has 128 valence electrons. The predicted molar refractivity (Wildman–Crippen MR) is 85.4 cm³/mol. The lowest BCUT2D eigenvalue weighted by Crippen LogP contribution is -2.47. The summed E-state index contributed by atoms with van der Waals surface area (Å²) in [5, 5.41) is 19.7. The van der Waals surface area contributed by atoms with Crippen LogP contribution in [-0.4, -0.2) is 39.1 Å². The van der Waals surface area contributed by atoms with Crippen LogP contribution in [0.3, 0.4) is 0 Å². The molecule has 1 aromatic carbocycles. The van der Waals surface area contributed by atoms with Crippen molar-refractivity contribution in [2.45, 2.75) is 58.7 Å². The maximum Gasteiger partial charge on any atom is 0.407 e. The zero-order valence-electron chi connectivity index (χ0n) is 14.3. The van der Waals surface area contributed by atoms with Gasteiger partial charge in [-0.15, -0.1) is 0 Å². The molecule has 0 bridgehead atoms. The fourth-order valence-corrected chi connectivity index (χ4v) is 2.48. The summed E-state index contributed by atoms with van der Waals surface area (Å²) in [4.78, 5) is 12.6. The van der Waals surface area contributed by atoms with Gasteiger partial charge >= 0.3 is 6.09 Å². The zero-order valence-corrected chi connectivity index (χ0v) is 14.3. The molecule has 0 radical (unpaired) electrons. The second-order valence-corrected chi connectivity index (χ2v) is 7.24. The quantitative estimate of drug-likeness (QED) is 0.893. The van der Waals surface area contributed by atoms with Crippen molar-refractivity contribution in [1.82, 2.24) is 4.90 Å². The number of aliphatic hydroxyl groups excluding tert-OH is 1. The Balaban J connectivity index is 2.18. The van der Waals surface area contributed by atoms with Gasteiger partial charge in [0.1, 0.15) is 5.75 Å². The average molecular weight is 323 g/mol. The van der Waals surface area contributed by atoms with Crippen LogP contribution < -0.4 is 4.74 Å². The van der Waals surface area contributed by atoms with Crippen molar-refractivity contribution >= 4 is 6.09 Å². The number of nitrogens with zero attached hydrogens (tertiary/aromatic N) is 1. The Kier molecular flexibility index (Phi) is 4.59. The number of carboxylic acid groups (broad SMARTS) is 1. The van der Waals surface area contributed by atoms with E-state index in [1.54, 1.807) is 39.0 Å². The molecule has 0 saturated carbocycles. The van der Waals surface area contributed by atoms with Crippen LogP contribution in [-0.2, 0) is 11.3 Å². The van der Waals surface area contributed by atoms with Crippen molar-refractivity contribution in [3.05, 3.63) is 29.3 Å². The molecule has 2 rings (SSSR count). The first-order chi connectivity index (χ1) is 10.5. The fraction of sp³-hybridized carbons (Fsp3) is 0.588. The number of hydrogen-bond donors (Lipinski definition) is 2. The second kappa shape index (κ2) is 6.02. The monoisotopic (exact) mass is 323 g/mol. The maximum absolute atomic E-state index is 11.4. The Hall–Kier alpha value is -1.79.